The highest BCUT2D eigenvalue weighted by Crippen LogP contribution is 2.18. The normalized spacial score (nSPS) is 15.5. The van der Waals surface area contributed by atoms with Gasteiger partial charge in [-0.15, -0.1) is 0 Å². The summed E-state index contributed by atoms with van der Waals surface area (Å²) in [6.45, 7) is 3.77. The topological polar surface area (TPSA) is 55.6 Å². The van der Waals surface area contributed by atoms with Crippen molar-refractivity contribution in [3.63, 3.8) is 0 Å². The summed E-state index contributed by atoms with van der Waals surface area (Å²) in [6, 6.07) is 5.73. The highest BCUT2D eigenvalue weighted by molar-refractivity contribution is 5.96. The molecule has 0 spiro atoms. The molecule has 1 amide bonds. The molecule has 21 heavy (non-hydrogen) atoms. The van der Waals surface area contributed by atoms with Crippen LogP contribution in [0.25, 0.3) is 0 Å². The van der Waals surface area contributed by atoms with Gasteiger partial charge in [0, 0.05) is 31.3 Å². The number of piperidine rings is 1. The van der Waals surface area contributed by atoms with Crippen molar-refractivity contribution in [2.24, 2.45) is 5.73 Å². The molecule has 1 saturated heterocycles. The first-order valence-electron chi connectivity index (χ1n) is 7.27. The van der Waals surface area contributed by atoms with Gasteiger partial charge in [0.15, 0.2) is 0 Å². The van der Waals surface area contributed by atoms with E-state index >= 15 is 0 Å². The van der Waals surface area contributed by atoms with Crippen molar-refractivity contribution in [3.8, 4) is 11.8 Å². The van der Waals surface area contributed by atoms with E-state index in [0.717, 1.165) is 42.6 Å². The molecule has 0 radical (unpaired) electrons. The molecule has 112 valence electrons. The Kier molecular flexibility index (Phi) is 5.38. The Morgan fingerprint density at radius 3 is 2.76 bits per heavy atom. The Morgan fingerprint density at radius 1 is 1.43 bits per heavy atom. The molecule has 0 bridgehead atoms. The van der Waals surface area contributed by atoms with Crippen molar-refractivity contribution in [2.75, 3.05) is 26.7 Å². The van der Waals surface area contributed by atoms with Crippen molar-refractivity contribution >= 4 is 5.91 Å². The van der Waals surface area contributed by atoms with E-state index in [9.17, 15) is 4.79 Å². The SMILES string of the molecule is COC1CCN(C(=O)c2cc(C#CCN)ccc2C)CC1. The molecule has 0 saturated carbocycles. The quantitative estimate of drug-likeness (QED) is 0.839. The summed E-state index contributed by atoms with van der Waals surface area (Å²) in [5.41, 5.74) is 7.93. The summed E-state index contributed by atoms with van der Waals surface area (Å²) in [5.74, 6) is 5.88. The molecule has 0 aromatic heterocycles. The van der Waals surface area contributed by atoms with Crippen LogP contribution in [0.3, 0.4) is 0 Å². The van der Waals surface area contributed by atoms with Crippen molar-refractivity contribution in [2.45, 2.75) is 25.9 Å². The van der Waals surface area contributed by atoms with Crippen LogP contribution in [-0.2, 0) is 4.74 Å². The van der Waals surface area contributed by atoms with Gasteiger partial charge in [0.05, 0.1) is 12.6 Å². The minimum absolute atomic E-state index is 0.0819. The second-order valence-corrected chi connectivity index (χ2v) is 5.26. The Morgan fingerprint density at radius 2 is 2.14 bits per heavy atom. The highest BCUT2D eigenvalue weighted by atomic mass is 16.5. The van der Waals surface area contributed by atoms with Crippen LogP contribution in [0.1, 0.15) is 34.3 Å². The third kappa shape index (κ3) is 3.84. The number of benzene rings is 1. The average molecular weight is 286 g/mol. The maximum absolute atomic E-state index is 12.7. The largest absolute Gasteiger partial charge is 0.381 e. The Bertz CT molecular complexity index is 564. The molecule has 2 N–H and O–H groups in total. The van der Waals surface area contributed by atoms with Crippen LogP contribution in [0.2, 0.25) is 0 Å². The van der Waals surface area contributed by atoms with Gasteiger partial charge in [-0.3, -0.25) is 4.79 Å². The van der Waals surface area contributed by atoms with E-state index in [1.54, 1.807) is 7.11 Å². The Hall–Kier alpha value is -1.83. The molecule has 1 aromatic carbocycles. The first kappa shape index (κ1) is 15.6. The number of rotatable bonds is 2. The lowest BCUT2D eigenvalue weighted by Gasteiger charge is -2.31. The second kappa shape index (κ2) is 7.26. The zero-order valence-electron chi connectivity index (χ0n) is 12.7. The molecule has 1 fully saturated rings. The molecule has 4 heteroatoms. The van der Waals surface area contributed by atoms with Crippen molar-refractivity contribution in [3.05, 3.63) is 34.9 Å². The maximum atomic E-state index is 12.7. The van der Waals surface area contributed by atoms with E-state index in [0.29, 0.717) is 6.54 Å². The number of nitrogens with two attached hydrogens (primary N) is 1. The van der Waals surface area contributed by atoms with Gasteiger partial charge in [0.1, 0.15) is 0 Å². The monoisotopic (exact) mass is 286 g/mol. The van der Waals surface area contributed by atoms with Crippen LogP contribution < -0.4 is 5.73 Å². The van der Waals surface area contributed by atoms with E-state index in [1.165, 1.54) is 0 Å². The first-order chi connectivity index (χ1) is 10.2. The van der Waals surface area contributed by atoms with Gasteiger partial charge in [-0.2, -0.15) is 0 Å². The number of likely N-dealkylation sites (tertiary alicyclic amines) is 1. The predicted octanol–water partition coefficient (Wildman–Crippen LogP) is 1.56. The molecule has 1 heterocycles. The fraction of sp³-hybridized carbons (Fsp3) is 0.471. The second-order valence-electron chi connectivity index (χ2n) is 5.26. The molecule has 0 unspecified atom stereocenters. The van der Waals surface area contributed by atoms with Crippen LogP contribution in [0, 0.1) is 18.8 Å². The molecule has 2 rings (SSSR count). The predicted molar refractivity (Wildman–Crippen MR) is 83.0 cm³/mol. The molecule has 1 aliphatic heterocycles. The summed E-state index contributed by atoms with van der Waals surface area (Å²) >= 11 is 0. The maximum Gasteiger partial charge on any atom is 0.254 e. The smallest absolute Gasteiger partial charge is 0.254 e. The third-order valence-corrected chi connectivity index (χ3v) is 3.87. The van der Waals surface area contributed by atoms with Gasteiger partial charge in [-0.25, -0.2) is 0 Å². The lowest BCUT2D eigenvalue weighted by atomic mass is 10.0. The van der Waals surface area contributed by atoms with E-state index in [2.05, 4.69) is 11.8 Å². The molecule has 0 aliphatic carbocycles. The van der Waals surface area contributed by atoms with Crippen LogP contribution in [0.4, 0.5) is 0 Å². The van der Waals surface area contributed by atoms with Gasteiger partial charge in [-0.05, 0) is 37.5 Å². The molecule has 1 aromatic rings. The Labute approximate surface area is 126 Å². The number of carbonyl (C=O) groups excluding carboxylic acids is 1. The van der Waals surface area contributed by atoms with Gasteiger partial charge < -0.3 is 15.4 Å². The number of amides is 1. The van der Waals surface area contributed by atoms with Crippen molar-refractivity contribution < 1.29 is 9.53 Å². The minimum Gasteiger partial charge on any atom is -0.381 e. The zero-order valence-corrected chi connectivity index (χ0v) is 12.7. The number of carbonyl (C=O) groups is 1. The van der Waals surface area contributed by atoms with E-state index in [-0.39, 0.29) is 12.0 Å². The van der Waals surface area contributed by atoms with E-state index in [4.69, 9.17) is 10.5 Å². The van der Waals surface area contributed by atoms with Crippen LogP contribution in [-0.4, -0.2) is 43.7 Å². The molecule has 1 aliphatic rings. The molecule has 4 nitrogen and oxygen atoms in total. The third-order valence-electron chi connectivity index (χ3n) is 3.87. The highest BCUT2D eigenvalue weighted by Gasteiger charge is 2.24. The number of hydrogen-bond donors (Lipinski definition) is 1. The van der Waals surface area contributed by atoms with Gasteiger partial charge in [0.25, 0.3) is 5.91 Å². The number of nitrogens with zero attached hydrogens (tertiary/aromatic N) is 1. The van der Waals surface area contributed by atoms with Crippen LogP contribution in [0.15, 0.2) is 18.2 Å². The molecule has 0 atom stereocenters. The molecular formula is C17H22N2O2. The van der Waals surface area contributed by atoms with Gasteiger partial charge >= 0.3 is 0 Å². The zero-order chi connectivity index (χ0) is 15.2. The summed E-state index contributed by atoms with van der Waals surface area (Å²) in [4.78, 5) is 14.6. The summed E-state index contributed by atoms with van der Waals surface area (Å²) in [5, 5.41) is 0. The fourth-order valence-electron chi connectivity index (χ4n) is 2.55. The van der Waals surface area contributed by atoms with Crippen molar-refractivity contribution in [1.82, 2.24) is 4.90 Å². The number of methoxy groups -OCH3 is 1. The fourth-order valence-corrected chi connectivity index (χ4v) is 2.55. The van der Waals surface area contributed by atoms with Crippen molar-refractivity contribution in [1.29, 1.82) is 0 Å². The van der Waals surface area contributed by atoms with Crippen LogP contribution in [0.5, 0.6) is 0 Å². The van der Waals surface area contributed by atoms with Crippen LogP contribution >= 0.6 is 0 Å². The standard InChI is InChI=1S/C17H22N2O2/c1-13-5-6-14(4-3-9-18)12-16(13)17(20)19-10-7-15(21-2)8-11-19/h5-6,12,15H,7-11,18H2,1-2H3. The summed E-state index contributed by atoms with van der Waals surface area (Å²) in [7, 11) is 1.73. The summed E-state index contributed by atoms with van der Waals surface area (Å²) in [6.07, 6.45) is 2.07. The number of hydrogen-bond acceptors (Lipinski definition) is 3. The summed E-state index contributed by atoms with van der Waals surface area (Å²) < 4.78 is 5.34. The first-order valence-corrected chi connectivity index (χ1v) is 7.27. The number of ether oxygens (including phenoxy) is 1. The minimum atomic E-state index is 0.0819. The Balaban J connectivity index is 2.15. The van der Waals surface area contributed by atoms with E-state index < -0.39 is 0 Å². The lowest BCUT2D eigenvalue weighted by molar-refractivity contribution is 0.0350. The molecular weight excluding hydrogens is 264 g/mol. The van der Waals surface area contributed by atoms with Gasteiger partial charge in [-0.1, -0.05) is 17.9 Å². The van der Waals surface area contributed by atoms with E-state index in [1.807, 2.05) is 30.0 Å². The lowest BCUT2D eigenvalue weighted by Crippen LogP contribution is -2.40. The number of aryl methyl sites for hydroxylation is 1. The average Bonchev–Trinajstić information content (AvgIpc) is 2.53. The van der Waals surface area contributed by atoms with Gasteiger partial charge in [0.2, 0.25) is 0 Å².